The topological polar surface area (TPSA) is 151 Å². The molecule has 27 heavy (non-hydrogen) atoms. The van der Waals surface area contributed by atoms with E-state index in [2.05, 4.69) is 41.1 Å². The summed E-state index contributed by atoms with van der Waals surface area (Å²) in [5.74, 6) is 1.81. The monoisotopic (exact) mass is 382 g/mol. The lowest BCUT2D eigenvalue weighted by atomic mass is 10.0. The first kappa shape index (κ1) is 27.2. The molecule has 0 spiro atoms. The van der Waals surface area contributed by atoms with Crippen LogP contribution in [0.2, 0.25) is 0 Å². The summed E-state index contributed by atoms with van der Waals surface area (Å²) in [6.07, 6.45) is 7.47. The van der Waals surface area contributed by atoms with Gasteiger partial charge < -0.3 is 31.5 Å². The van der Waals surface area contributed by atoms with Crippen LogP contribution in [0.15, 0.2) is 48.8 Å². The highest BCUT2D eigenvalue weighted by atomic mass is 16.5. The zero-order valence-corrected chi connectivity index (χ0v) is 15.9. The number of rotatable bonds is 6. The van der Waals surface area contributed by atoms with Gasteiger partial charge in [0.1, 0.15) is 5.75 Å². The third kappa shape index (κ3) is 8.47. The van der Waals surface area contributed by atoms with E-state index in [0.29, 0.717) is 0 Å². The molecule has 7 nitrogen and oxygen atoms in total. The molecule has 3 rings (SSSR count). The lowest BCUT2D eigenvalue weighted by Gasteiger charge is -2.30. The van der Waals surface area contributed by atoms with Gasteiger partial charge in [0.2, 0.25) is 0 Å². The van der Waals surface area contributed by atoms with Crippen LogP contribution in [0.1, 0.15) is 26.2 Å². The van der Waals surface area contributed by atoms with Crippen molar-refractivity contribution in [3.05, 3.63) is 48.8 Å². The lowest BCUT2D eigenvalue weighted by molar-refractivity contribution is 0.170. The first-order valence-electron chi connectivity index (χ1n) is 8.67. The molecule has 0 unspecified atom stereocenters. The summed E-state index contributed by atoms with van der Waals surface area (Å²) in [5, 5.41) is 0. The second-order valence-corrected chi connectivity index (χ2v) is 6.51. The second kappa shape index (κ2) is 14.1. The van der Waals surface area contributed by atoms with E-state index in [1.807, 2.05) is 24.5 Å². The van der Waals surface area contributed by atoms with Crippen LogP contribution in [0.25, 0.3) is 11.1 Å². The van der Waals surface area contributed by atoms with Crippen LogP contribution in [0.3, 0.4) is 0 Å². The standard InChI is InChI=1S/C20H26N2O.4H2O/c1-17-4-2-13-22(16-17)14-3-15-23-20-7-5-18(6-8-20)19-9-11-21-12-10-19;;;;/h5-12,17H,2-4,13-16H2,1H3;4*1H2/t17-;;;;/m0..../s1. The predicted molar refractivity (Wildman–Crippen MR) is 109 cm³/mol. The van der Waals surface area contributed by atoms with E-state index in [9.17, 15) is 0 Å². The van der Waals surface area contributed by atoms with Gasteiger partial charge >= 0.3 is 0 Å². The number of hydrogen-bond donors (Lipinski definition) is 0. The van der Waals surface area contributed by atoms with Gasteiger partial charge in [-0.1, -0.05) is 19.1 Å². The van der Waals surface area contributed by atoms with Crippen molar-refractivity contribution in [3.63, 3.8) is 0 Å². The van der Waals surface area contributed by atoms with Crippen LogP contribution >= 0.6 is 0 Å². The molecular weight excluding hydrogens is 348 g/mol. The largest absolute Gasteiger partial charge is 0.494 e. The zero-order valence-electron chi connectivity index (χ0n) is 15.9. The van der Waals surface area contributed by atoms with E-state index in [1.54, 1.807) is 0 Å². The minimum atomic E-state index is 0. The third-order valence-electron chi connectivity index (χ3n) is 4.50. The van der Waals surface area contributed by atoms with Crippen LogP contribution in [0.4, 0.5) is 0 Å². The molecule has 0 amide bonds. The molecule has 1 atom stereocenters. The SMILES string of the molecule is C[C@H]1CCCN(CCCOc2ccc(-c3ccncc3)cc2)C1.O.O.O.O. The summed E-state index contributed by atoms with van der Waals surface area (Å²) in [4.78, 5) is 6.63. The molecule has 154 valence electrons. The fourth-order valence-corrected chi connectivity index (χ4v) is 3.26. The lowest BCUT2D eigenvalue weighted by Crippen LogP contribution is -2.35. The van der Waals surface area contributed by atoms with E-state index < -0.39 is 0 Å². The van der Waals surface area contributed by atoms with Crippen molar-refractivity contribution >= 4 is 0 Å². The Kier molecular flexibility index (Phi) is 14.2. The van der Waals surface area contributed by atoms with E-state index in [1.165, 1.54) is 37.1 Å². The molecule has 1 aliphatic rings. The van der Waals surface area contributed by atoms with E-state index in [-0.39, 0.29) is 21.9 Å². The van der Waals surface area contributed by atoms with Crippen molar-refractivity contribution in [1.29, 1.82) is 0 Å². The highest BCUT2D eigenvalue weighted by Gasteiger charge is 2.15. The van der Waals surface area contributed by atoms with Crippen LogP contribution in [-0.4, -0.2) is 58.0 Å². The van der Waals surface area contributed by atoms with Gasteiger partial charge in [-0.25, -0.2) is 0 Å². The van der Waals surface area contributed by atoms with Crippen molar-refractivity contribution in [2.45, 2.75) is 26.2 Å². The Hall–Kier alpha value is -2.03. The van der Waals surface area contributed by atoms with Crippen molar-refractivity contribution in [2.75, 3.05) is 26.2 Å². The Morgan fingerprint density at radius 1 is 0.963 bits per heavy atom. The summed E-state index contributed by atoms with van der Waals surface area (Å²) in [6.45, 7) is 6.80. The van der Waals surface area contributed by atoms with Gasteiger partial charge in [0.05, 0.1) is 6.61 Å². The molecule has 2 heterocycles. The fraction of sp³-hybridized carbons (Fsp3) is 0.450. The molecular formula is C20H34N2O5. The molecule has 1 aliphatic heterocycles. The first-order chi connectivity index (χ1) is 11.3. The number of ether oxygens (including phenoxy) is 1. The quantitative estimate of drug-likeness (QED) is 0.684. The highest BCUT2D eigenvalue weighted by molar-refractivity contribution is 5.63. The fourth-order valence-electron chi connectivity index (χ4n) is 3.26. The molecule has 0 bridgehead atoms. The van der Waals surface area contributed by atoms with Gasteiger partial charge in [0.15, 0.2) is 0 Å². The molecule has 8 N–H and O–H groups in total. The predicted octanol–water partition coefficient (Wildman–Crippen LogP) is 0.951. The summed E-state index contributed by atoms with van der Waals surface area (Å²) < 4.78 is 5.88. The Bertz CT molecular complexity index is 595. The Morgan fingerprint density at radius 2 is 1.59 bits per heavy atom. The molecule has 1 aromatic heterocycles. The first-order valence-corrected chi connectivity index (χ1v) is 8.67. The molecule has 0 radical (unpaired) electrons. The van der Waals surface area contributed by atoms with Gasteiger partial charge in [-0.3, -0.25) is 4.98 Å². The minimum absolute atomic E-state index is 0. The number of aromatic nitrogens is 1. The maximum atomic E-state index is 5.88. The zero-order chi connectivity index (χ0) is 15.9. The Balaban J connectivity index is 0. The Morgan fingerprint density at radius 3 is 2.22 bits per heavy atom. The van der Waals surface area contributed by atoms with Crippen molar-refractivity contribution in [1.82, 2.24) is 9.88 Å². The van der Waals surface area contributed by atoms with Crippen LogP contribution < -0.4 is 4.74 Å². The summed E-state index contributed by atoms with van der Waals surface area (Å²) in [7, 11) is 0. The van der Waals surface area contributed by atoms with Gasteiger partial charge in [-0.05, 0) is 67.1 Å². The van der Waals surface area contributed by atoms with Crippen LogP contribution in [0.5, 0.6) is 5.75 Å². The number of nitrogens with zero attached hydrogens (tertiary/aromatic N) is 2. The minimum Gasteiger partial charge on any atom is -0.494 e. The van der Waals surface area contributed by atoms with E-state index in [0.717, 1.165) is 31.2 Å². The summed E-state index contributed by atoms with van der Waals surface area (Å²) in [6, 6.07) is 12.4. The van der Waals surface area contributed by atoms with Crippen molar-refractivity contribution in [3.8, 4) is 16.9 Å². The number of benzene rings is 1. The van der Waals surface area contributed by atoms with Crippen molar-refractivity contribution < 1.29 is 26.6 Å². The molecule has 1 aromatic carbocycles. The van der Waals surface area contributed by atoms with Gasteiger partial charge in [-0.15, -0.1) is 0 Å². The van der Waals surface area contributed by atoms with Crippen LogP contribution in [-0.2, 0) is 0 Å². The number of piperidine rings is 1. The van der Waals surface area contributed by atoms with Crippen LogP contribution in [0, 0.1) is 5.92 Å². The maximum absolute atomic E-state index is 5.88. The maximum Gasteiger partial charge on any atom is 0.119 e. The van der Waals surface area contributed by atoms with Gasteiger partial charge in [-0.2, -0.15) is 0 Å². The van der Waals surface area contributed by atoms with Gasteiger partial charge in [0.25, 0.3) is 0 Å². The molecule has 1 fully saturated rings. The summed E-state index contributed by atoms with van der Waals surface area (Å²) >= 11 is 0. The number of hydrogen-bond acceptors (Lipinski definition) is 3. The normalized spacial score (nSPS) is 16.0. The smallest absolute Gasteiger partial charge is 0.119 e. The third-order valence-corrected chi connectivity index (χ3v) is 4.50. The second-order valence-electron chi connectivity index (χ2n) is 6.51. The average molecular weight is 383 g/mol. The Labute approximate surface area is 161 Å². The molecule has 7 heteroatoms. The molecule has 2 aromatic rings. The molecule has 0 aliphatic carbocycles. The van der Waals surface area contributed by atoms with Crippen molar-refractivity contribution in [2.24, 2.45) is 5.92 Å². The molecule has 0 saturated carbocycles. The van der Waals surface area contributed by atoms with Gasteiger partial charge in [0, 0.05) is 25.5 Å². The number of pyridine rings is 1. The van der Waals surface area contributed by atoms with E-state index in [4.69, 9.17) is 4.74 Å². The average Bonchev–Trinajstić information content (AvgIpc) is 2.60. The highest BCUT2D eigenvalue weighted by Crippen LogP contribution is 2.22. The van der Waals surface area contributed by atoms with E-state index >= 15 is 0 Å². The number of likely N-dealkylation sites (tertiary alicyclic amines) is 1. The molecule has 1 saturated heterocycles. The summed E-state index contributed by atoms with van der Waals surface area (Å²) in [5.41, 5.74) is 2.38.